The van der Waals surface area contributed by atoms with Gasteiger partial charge in [-0.15, -0.1) is 0 Å². The van der Waals surface area contributed by atoms with Crippen LogP contribution in [-0.2, 0) is 19.1 Å². The van der Waals surface area contributed by atoms with E-state index in [9.17, 15) is 19.2 Å². The van der Waals surface area contributed by atoms with Crippen molar-refractivity contribution in [3.05, 3.63) is 59.7 Å². The van der Waals surface area contributed by atoms with Crippen LogP contribution in [0.4, 0.5) is 9.59 Å². The van der Waals surface area contributed by atoms with E-state index < -0.39 is 35.7 Å². The Labute approximate surface area is 256 Å². The van der Waals surface area contributed by atoms with Crippen LogP contribution in [0.1, 0.15) is 69.9 Å². The predicted molar refractivity (Wildman–Crippen MR) is 164 cm³/mol. The summed E-state index contributed by atoms with van der Waals surface area (Å²) in [7, 11) is 0. The average Bonchev–Trinajstić information content (AvgIpc) is 3.30. The molecule has 44 heavy (non-hydrogen) atoms. The molecule has 0 heterocycles. The first-order chi connectivity index (χ1) is 20.9. The van der Waals surface area contributed by atoms with E-state index in [1.54, 1.807) is 20.8 Å². The van der Waals surface area contributed by atoms with Gasteiger partial charge in [0.15, 0.2) is 0 Å². The van der Waals surface area contributed by atoms with Crippen molar-refractivity contribution in [2.45, 2.75) is 70.4 Å². The molecule has 2 aromatic carbocycles. The second kappa shape index (κ2) is 14.2. The second-order valence-corrected chi connectivity index (χ2v) is 12.2. The van der Waals surface area contributed by atoms with Gasteiger partial charge in [-0.3, -0.25) is 9.59 Å². The van der Waals surface area contributed by atoms with E-state index >= 15 is 0 Å². The smallest absolute Gasteiger partial charge is 0.407 e. The highest BCUT2D eigenvalue weighted by atomic mass is 16.6. The Hall–Kier alpha value is -4.61. The number of carbonyl (C=O) groups excluding carboxylic acids is 3. The van der Waals surface area contributed by atoms with E-state index in [0.29, 0.717) is 32.2 Å². The van der Waals surface area contributed by atoms with Crippen molar-refractivity contribution in [3.8, 4) is 11.1 Å². The van der Waals surface area contributed by atoms with Crippen LogP contribution in [0.3, 0.4) is 0 Å². The van der Waals surface area contributed by atoms with Crippen LogP contribution >= 0.6 is 0 Å². The van der Waals surface area contributed by atoms with Gasteiger partial charge in [-0.2, -0.15) is 5.10 Å². The number of nitrogens with one attached hydrogen (secondary N) is 3. The third-order valence-corrected chi connectivity index (χ3v) is 7.82. The molecule has 4 rings (SSSR count). The van der Waals surface area contributed by atoms with Crippen LogP contribution in [0.2, 0.25) is 0 Å². The summed E-state index contributed by atoms with van der Waals surface area (Å²) >= 11 is 0. The number of benzene rings is 2. The van der Waals surface area contributed by atoms with Crippen molar-refractivity contribution in [2.75, 3.05) is 13.2 Å². The monoisotopic (exact) mass is 607 g/mol. The van der Waals surface area contributed by atoms with E-state index in [4.69, 9.17) is 20.3 Å². The van der Waals surface area contributed by atoms with E-state index in [2.05, 4.69) is 21.2 Å². The summed E-state index contributed by atoms with van der Waals surface area (Å²) in [6.07, 6.45) is 1.40. The number of carboxylic acid groups (broad SMARTS) is 1. The summed E-state index contributed by atoms with van der Waals surface area (Å²) in [6, 6.07) is 14.2. The third kappa shape index (κ3) is 8.71. The summed E-state index contributed by atoms with van der Waals surface area (Å²) in [5.41, 5.74) is 12.0. The first-order valence-corrected chi connectivity index (χ1v) is 14.8. The van der Waals surface area contributed by atoms with Crippen molar-refractivity contribution in [3.63, 3.8) is 0 Å². The Morgan fingerprint density at radius 2 is 1.57 bits per heavy atom. The molecule has 2 aliphatic rings. The molecule has 2 aliphatic carbocycles. The number of hydrazone groups is 1. The number of fused-ring (bicyclic) bond motifs is 3. The molecule has 12 nitrogen and oxygen atoms in total. The second-order valence-electron chi connectivity index (χ2n) is 12.2. The van der Waals surface area contributed by atoms with Gasteiger partial charge < -0.3 is 30.9 Å². The highest BCUT2D eigenvalue weighted by Gasteiger charge is 2.31. The maximum Gasteiger partial charge on any atom is 0.407 e. The maximum atomic E-state index is 13.0. The zero-order chi connectivity index (χ0) is 31.9. The molecule has 0 radical (unpaired) electrons. The number of amides is 3. The van der Waals surface area contributed by atoms with Crippen LogP contribution in [0.25, 0.3) is 11.1 Å². The van der Waals surface area contributed by atoms with Crippen LogP contribution < -0.4 is 21.8 Å². The van der Waals surface area contributed by atoms with Gasteiger partial charge >= 0.3 is 24.1 Å². The number of amidine groups is 1. The van der Waals surface area contributed by atoms with Crippen molar-refractivity contribution in [2.24, 2.45) is 22.7 Å². The number of hydrogen-bond donors (Lipinski definition) is 5. The van der Waals surface area contributed by atoms with E-state index in [-0.39, 0.29) is 36.6 Å². The number of nitrogens with zero attached hydrogens (tertiary/aromatic N) is 1. The number of urea groups is 1. The normalized spacial score (nSPS) is 18.8. The number of alkyl carbamates (subject to hydrolysis) is 1. The summed E-state index contributed by atoms with van der Waals surface area (Å²) in [5, 5.41) is 18.4. The van der Waals surface area contributed by atoms with Crippen LogP contribution in [0.5, 0.6) is 0 Å². The average molecular weight is 608 g/mol. The number of carboxylic acids is 1. The quantitative estimate of drug-likeness (QED) is 0.116. The predicted octanol–water partition coefficient (Wildman–Crippen LogP) is 4.09. The largest absolute Gasteiger partial charge is 0.481 e. The minimum Gasteiger partial charge on any atom is -0.481 e. The number of aliphatic carboxylic acids is 1. The Balaban J connectivity index is 1.35. The van der Waals surface area contributed by atoms with Gasteiger partial charge in [0.2, 0.25) is 0 Å². The van der Waals surface area contributed by atoms with E-state index in [1.807, 2.05) is 48.5 Å². The number of esters is 1. The number of rotatable bonds is 10. The number of hydrogen-bond acceptors (Lipinski definition) is 7. The first-order valence-electron chi connectivity index (χ1n) is 14.8. The third-order valence-electron chi connectivity index (χ3n) is 7.82. The molecular weight excluding hydrogens is 566 g/mol. The molecule has 12 heteroatoms. The first kappa shape index (κ1) is 32.3. The molecule has 0 bridgehead atoms. The minimum atomic E-state index is -1.12. The number of carbonyl (C=O) groups is 4. The molecule has 236 valence electrons. The Bertz CT molecular complexity index is 1350. The van der Waals surface area contributed by atoms with Crippen molar-refractivity contribution in [1.82, 2.24) is 16.1 Å². The fraction of sp³-hybridized carbons (Fsp3) is 0.469. The van der Waals surface area contributed by atoms with Crippen LogP contribution in [0, 0.1) is 11.8 Å². The molecule has 0 saturated heterocycles. The van der Waals surface area contributed by atoms with Gasteiger partial charge in [0.25, 0.3) is 0 Å². The zero-order valence-corrected chi connectivity index (χ0v) is 25.3. The van der Waals surface area contributed by atoms with Crippen LogP contribution in [0.15, 0.2) is 53.6 Å². The van der Waals surface area contributed by atoms with Gasteiger partial charge in [-0.1, -0.05) is 48.5 Å². The highest BCUT2D eigenvalue weighted by Crippen LogP contribution is 2.44. The summed E-state index contributed by atoms with van der Waals surface area (Å²) in [4.78, 5) is 49.1. The Morgan fingerprint density at radius 1 is 0.977 bits per heavy atom. The summed E-state index contributed by atoms with van der Waals surface area (Å²) in [5.74, 6) is -1.97. The molecule has 0 spiro atoms. The summed E-state index contributed by atoms with van der Waals surface area (Å²) in [6.45, 7) is 5.57. The lowest BCUT2D eigenvalue weighted by molar-refractivity contribution is -0.155. The maximum absolute atomic E-state index is 13.0. The fourth-order valence-electron chi connectivity index (χ4n) is 5.65. The molecule has 6 N–H and O–H groups in total. The molecule has 1 fully saturated rings. The Kier molecular flexibility index (Phi) is 10.5. The topological polar surface area (TPSA) is 181 Å². The number of nitrogens with two attached hydrogens (primary N) is 1. The molecule has 1 atom stereocenters. The molecule has 3 amide bonds. The van der Waals surface area contributed by atoms with E-state index in [1.165, 1.54) is 0 Å². The molecule has 2 aromatic rings. The van der Waals surface area contributed by atoms with Crippen molar-refractivity contribution in [1.29, 1.82) is 0 Å². The fourth-order valence-corrected chi connectivity index (χ4v) is 5.65. The van der Waals surface area contributed by atoms with Gasteiger partial charge in [0.1, 0.15) is 24.1 Å². The van der Waals surface area contributed by atoms with Gasteiger partial charge in [-0.25, -0.2) is 15.0 Å². The molecule has 0 aliphatic heterocycles. The van der Waals surface area contributed by atoms with Crippen LogP contribution in [-0.4, -0.2) is 59.8 Å². The lowest BCUT2D eigenvalue weighted by atomic mass is 9.82. The lowest BCUT2D eigenvalue weighted by Crippen LogP contribution is -2.48. The molecular formula is C32H41N5O7. The molecule has 0 unspecified atom stereocenters. The Morgan fingerprint density at radius 3 is 2.14 bits per heavy atom. The minimum absolute atomic E-state index is 0.0606. The van der Waals surface area contributed by atoms with Gasteiger partial charge in [-0.05, 0) is 74.6 Å². The molecule has 0 aromatic heterocycles. The van der Waals surface area contributed by atoms with Crippen molar-refractivity contribution < 1.29 is 33.8 Å². The lowest BCUT2D eigenvalue weighted by Gasteiger charge is -2.26. The van der Waals surface area contributed by atoms with Gasteiger partial charge in [0, 0.05) is 12.5 Å². The zero-order valence-electron chi connectivity index (χ0n) is 25.3. The standard InChI is InChI=1S/C32H41N5O7/c1-32(2,3)44-27(38)16-26(28(33)36-37-30(41)34-17-19-12-14-20(15-13-19)29(39)40)35-31(42)43-18-25-23-10-6-4-8-21(23)22-9-5-7-11-24(22)25/h4-11,19-20,25-26H,12-18H2,1-3H3,(H2,33,36)(H,35,42)(H,39,40)(H2,34,37,41)/t19?,20?,26-/m0/s1. The van der Waals surface area contributed by atoms with Gasteiger partial charge in [0.05, 0.1) is 12.3 Å². The molecule has 1 saturated carbocycles. The van der Waals surface area contributed by atoms with Crippen molar-refractivity contribution >= 4 is 29.9 Å². The SMILES string of the molecule is CC(C)(C)OC(=O)C[C@H](NC(=O)OCC1c2ccccc2-c2ccccc21)/C(N)=N/NC(=O)NCC1CCC(C(=O)O)CC1. The summed E-state index contributed by atoms with van der Waals surface area (Å²) < 4.78 is 11.0. The van der Waals surface area contributed by atoms with E-state index in [0.717, 1.165) is 22.3 Å². The highest BCUT2D eigenvalue weighted by molar-refractivity contribution is 5.93. The number of ether oxygens (including phenoxy) is 2.